The first kappa shape index (κ1) is 20.3. The van der Waals surface area contributed by atoms with Gasteiger partial charge in [-0.2, -0.15) is 0 Å². The van der Waals surface area contributed by atoms with E-state index < -0.39 is 0 Å². The van der Waals surface area contributed by atoms with Crippen LogP contribution in [0, 0.1) is 11.8 Å². The fourth-order valence-corrected chi connectivity index (χ4v) is 5.80. The topological polar surface area (TPSA) is 40.5 Å². The molecule has 0 aromatic rings. The molecular weight excluding hydrogens is 356 g/mol. The van der Waals surface area contributed by atoms with Crippen molar-refractivity contribution in [3.05, 3.63) is 70.3 Å². The fraction of sp³-hybridized carbons (Fsp3) is 0.556. The Hall–Kier alpha value is -1.96. The van der Waals surface area contributed by atoms with Gasteiger partial charge in [0.15, 0.2) is 0 Å². The monoisotopic (exact) mass is 392 g/mol. The van der Waals surface area contributed by atoms with Crippen LogP contribution in [-0.4, -0.2) is 10.2 Å². The molecule has 0 aliphatic heterocycles. The second-order valence-corrected chi connectivity index (χ2v) is 9.62. The van der Waals surface area contributed by atoms with E-state index in [-0.39, 0.29) is 0 Å². The highest BCUT2D eigenvalue weighted by Gasteiger charge is 2.29. The van der Waals surface area contributed by atoms with Crippen molar-refractivity contribution in [2.24, 2.45) is 11.8 Å². The van der Waals surface area contributed by atoms with Crippen LogP contribution in [0.4, 0.5) is 0 Å². The Kier molecular flexibility index (Phi) is 6.18. The highest BCUT2D eigenvalue weighted by Crippen LogP contribution is 2.43. The molecule has 0 atom stereocenters. The van der Waals surface area contributed by atoms with E-state index in [1.165, 1.54) is 38.5 Å². The van der Waals surface area contributed by atoms with Crippen LogP contribution in [0.15, 0.2) is 70.3 Å². The quantitative estimate of drug-likeness (QED) is 0.510. The molecule has 0 unspecified atom stereocenters. The van der Waals surface area contributed by atoms with Crippen molar-refractivity contribution in [3.63, 3.8) is 0 Å². The standard InChI is InChI=1S/C27H36O2/c1-18-13-22(26(28)24(15-18)20-9-5-3-6-10-20)17-23-14-19(2)16-25(27(23)29)21-11-7-4-8-12-21/h15-16,20-21,28-29H,1-14,17H2. The maximum atomic E-state index is 11.1. The van der Waals surface area contributed by atoms with Crippen LogP contribution in [0.25, 0.3) is 0 Å². The smallest absolute Gasteiger partial charge is 0.118 e. The molecular formula is C27H36O2. The summed E-state index contributed by atoms with van der Waals surface area (Å²) in [4.78, 5) is 0. The number of hydrogen-bond donors (Lipinski definition) is 2. The van der Waals surface area contributed by atoms with Crippen LogP contribution >= 0.6 is 0 Å². The first-order valence-electron chi connectivity index (χ1n) is 11.6. The molecule has 29 heavy (non-hydrogen) atoms. The van der Waals surface area contributed by atoms with Gasteiger partial charge in [0.1, 0.15) is 11.5 Å². The Bertz CT molecular complexity index is 737. The van der Waals surface area contributed by atoms with Crippen molar-refractivity contribution in [1.29, 1.82) is 0 Å². The van der Waals surface area contributed by atoms with Crippen molar-refractivity contribution < 1.29 is 10.2 Å². The van der Waals surface area contributed by atoms with Gasteiger partial charge in [0.2, 0.25) is 0 Å². The van der Waals surface area contributed by atoms with E-state index in [0.29, 0.717) is 42.6 Å². The number of aliphatic hydroxyl groups is 2. The highest BCUT2D eigenvalue weighted by molar-refractivity contribution is 5.49. The van der Waals surface area contributed by atoms with Crippen LogP contribution < -0.4 is 0 Å². The molecule has 0 spiro atoms. The summed E-state index contributed by atoms with van der Waals surface area (Å²) in [5.41, 5.74) is 6.39. The minimum absolute atomic E-state index is 0.456. The number of aliphatic hydroxyl groups excluding tert-OH is 2. The van der Waals surface area contributed by atoms with Gasteiger partial charge < -0.3 is 10.2 Å². The van der Waals surface area contributed by atoms with Gasteiger partial charge in [-0.1, -0.05) is 75.0 Å². The van der Waals surface area contributed by atoms with Gasteiger partial charge in [0, 0.05) is 0 Å². The van der Waals surface area contributed by atoms with Crippen molar-refractivity contribution in [2.45, 2.75) is 83.5 Å². The molecule has 0 heterocycles. The van der Waals surface area contributed by atoms with Crippen LogP contribution in [0.1, 0.15) is 83.5 Å². The third-order valence-corrected chi connectivity index (χ3v) is 7.33. The maximum absolute atomic E-state index is 11.1. The largest absolute Gasteiger partial charge is 0.508 e. The zero-order valence-electron chi connectivity index (χ0n) is 17.8. The summed E-state index contributed by atoms with van der Waals surface area (Å²) in [7, 11) is 0. The molecule has 4 rings (SSSR count). The van der Waals surface area contributed by atoms with Gasteiger partial charge in [-0.3, -0.25) is 0 Å². The summed E-state index contributed by atoms with van der Waals surface area (Å²) in [6.07, 6.45) is 18.5. The Morgan fingerprint density at radius 3 is 1.41 bits per heavy atom. The lowest BCUT2D eigenvalue weighted by molar-refractivity contribution is 0.346. The first-order chi connectivity index (χ1) is 14.0. The van der Waals surface area contributed by atoms with Gasteiger partial charge >= 0.3 is 0 Å². The summed E-state index contributed by atoms with van der Waals surface area (Å²) >= 11 is 0. The zero-order valence-corrected chi connectivity index (χ0v) is 17.8. The van der Waals surface area contributed by atoms with Crippen LogP contribution in [0.3, 0.4) is 0 Å². The molecule has 0 saturated heterocycles. The predicted molar refractivity (Wildman–Crippen MR) is 121 cm³/mol. The molecule has 0 radical (unpaired) electrons. The van der Waals surface area contributed by atoms with E-state index in [9.17, 15) is 10.2 Å². The highest BCUT2D eigenvalue weighted by atomic mass is 16.3. The Labute approximate surface area is 176 Å². The average molecular weight is 393 g/mol. The predicted octanol–water partition coefficient (Wildman–Crippen LogP) is 7.93. The average Bonchev–Trinajstić information content (AvgIpc) is 2.74. The molecule has 2 saturated carbocycles. The third kappa shape index (κ3) is 4.47. The number of rotatable bonds is 4. The Balaban J connectivity index is 1.59. The van der Waals surface area contributed by atoms with E-state index >= 15 is 0 Å². The van der Waals surface area contributed by atoms with Gasteiger partial charge in [-0.15, -0.1) is 0 Å². The zero-order chi connectivity index (χ0) is 20.4. The van der Waals surface area contributed by atoms with E-state index in [0.717, 1.165) is 59.1 Å². The minimum atomic E-state index is 0.456. The molecule has 0 aromatic heterocycles. The van der Waals surface area contributed by atoms with Crippen molar-refractivity contribution >= 4 is 0 Å². The number of hydrogen-bond acceptors (Lipinski definition) is 2. The molecule has 4 aliphatic carbocycles. The van der Waals surface area contributed by atoms with E-state index in [1.807, 2.05) is 0 Å². The van der Waals surface area contributed by atoms with E-state index in [2.05, 4.69) is 25.3 Å². The second kappa shape index (κ2) is 8.81. The molecule has 0 bridgehead atoms. The molecule has 0 amide bonds. The summed E-state index contributed by atoms with van der Waals surface area (Å²) < 4.78 is 0. The van der Waals surface area contributed by atoms with Crippen molar-refractivity contribution in [3.8, 4) is 0 Å². The number of allylic oxidation sites excluding steroid dienone is 8. The van der Waals surface area contributed by atoms with Gasteiger partial charge in [-0.25, -0.2) is 0 Å². The van der Waals surface area contributed by atoms with E-state index in [4.69, 9.17) is 0 Å². The molecule has 2 fully saturated rings. The lowest BCUT2D eigenvalue weighted by atomic mass is 9.76. The molecule has 2 heteroatoms. The molecule has 2 nitrogen and oxygen atoms in total. The Morgan fingerprint density at radius 1 is 0.655 bits per heavy atom. The fourth-order valence-electron chi connectivity index (χ4n) is 5.80. The Morgan fingerprint density at radius 2 is 1.03 bits per heavy atom. The second-order valence-electron chi connectivity index (χ2n) is 9.62. The normalized spacial score (nSPS) is 25.4. The van der Waals surface area contributed by atoms with Crippen LogP contribution in [0.5, 0.6) is 0 Å². The molecule has 0 aromatic carbocycles. The maximum Gasteiger partial charge on any atom is 0.118 e. The first-order valence-corrected chi connectivity index (χ1v) is 11.6. The summed E-state index contributed by atoms with van der Waals surface area (Å²) in [5.74, 6) is 1.86. The molecule has 2 N–H and O–H groups in total. The van der Waals surface area contributed by atoms with E-state index in [1.54, 1.807) is 0 Å². The van der Waals surface area contributed by atoms with Gasteiger partial charge in [0.25, 0.3) is 0 Å². The van der Waals surface area contributed by atoms with Crippen LogP contribution in [-0.2, 0) is 0 Å². The summed E-state index contributed by atoms with van der Waals surface area (Å²) in [6, 6.07) is 0. The van der Waals surface area contributed by atoms with Crippen molar-refractivity contribution in [2.75, 3.05) is 0 Å². The lowest BCUT2D eigenvalue weighted by Crippen LogP contribution is -2.17. The molecule has 156 valence electrons. The summed E-state index contributed by atoms with van der Waals surface area (Å²) in [5, 5.41) is 22.3. The summed E-state index contributed by atoms with van der Waals surface area (Å²) in [6.45, 7) is 8.46. The van der Waals surface area contributed by atoms with Gasteiger partial charge in [-0.05, 0) is 79.1 Å². The SMILES string of the molecule is C=C1C=C(C2CCCCC2)C(O)=C(CC2=C(O)C(C3CCCCC3)=CC(=C)C2)C1. The van der Waals surface area contributed by atoms with Crippen LogP contribution in [0.2, 0.25) is 0 Å². The lowest BCUT2D eigenvalue weighted by Gasteiger charge is -2.30. The minimum Gasteiger partial charge on any atom is -0.508 e. The van der Waals surface area contributed by atoms with Crippen molar-refractivity contribution in [1.82, 2.24) is 0 Å². The van der Waals surface area contributed by atoms with Gasteiger partial charge in [0.05, 0.1) is 0 Å². The molecule has 4 aliphatic rings. The third-order valence-electron chi connectivity index (χ3n) is 7.33.